The summed E-state index contributed by atoms with van der Waals surface area (Å²) in [6, 6.07) is 5.69. The average molecular weight is 222 g/mol. The van der Waals surface area contributed by atoms with Crippen LogP contribution < -0.4 is 15.5 Å². The summed E-state index contributed by atoms with van der Waals surface area (Å²) in [5, 5.41) is 1.86. The van der Waals surface area contributed by atoms with Crippen LogP contribution in [-0.2, 0) is 4.84 Å². The number of nitrogen functional groups attached to an aromatic ring is 1. The minimum Gasteiger partial charge on any atom is -0.491 e. The number of hydroxylamine groups is 1. The molecule has 0 saturated carbocycles. The van der Waals surface area contributed by atoms with Crippen LogP contribution in [0.5, 0.6) is 5.75 Å². The zero-order valence-electron chi connectivity index (χ0n) is 9.77. The highest BCUT2D eigenvalue weighted by Gasteiger charge is 2.15. The topological polar surface area (TPSA) is 47.7 Å². The molecule has 2 rings (SSSR count). The van der Waals surface area contributed by atoms with Crippen LogP contribution in [0.2, 0.25) is 0 Å². The summed E-state index contributed by atoms with van der Waals surface area (Å²) >= 11 is 0. The Morgan fingerprint density at radius 2 is 2.19 bits per heavy atom. The lowest BCUT2D eigenvalue weighted by molar-refractivity contribution is 0.167. The number of rotatable bonds is 3. The maximum atomic E-state index is 5.84. The van der Waals surface area contributed by atoms with Gasteiger partial charge in [-0.15, -0.1) is 0 Å². The van der Waals surface area contributed by atoms with Gasteiger partial charge in [0.15, 0.2) is 0 Å². The first-order chi connectivity index (χ1) is 7.65. The second-order valence-electron chi connectivity index (χ2n) is 4.22. The molecule has 2 N–H and O–H groups in total. The Morgan fingerprint density at radius 3 is 2.81 bits per heavy atom. The first-order valence-corrected chi connectivity index (χ1v) is 5.63. The summed E-state index contributed by atoms with van der Waals surface area (Å²) in [6.45, 7) is 5.67. The zero-order valence-corrected chi connectivity index (χ0v) is 9.77. The van der Waals surface area contributed by atoms with Crippen LogP contribution in [0.3, 0.4) is 0 Å². The van der Waals surface area contributed by atoms with E-state index in [1.807, 2.05) is 37.1 Å². The lowest BCUT2D eigenvalue weighted by Crippen LogP contribution is -2.16. The highest BCUT2D eigenvalue weighted by Crippen LogP contribution is 2.28. The molecule has 1 fully saturated rings. The smallest absolute Gasteiger partial charge is 0.123 e. The van der Waals surface area contributed by atoms with Crippen molar-refractivity contribution in [2.45, 2.75) is 26.4 Å². The number of hydrogen-bond acceptors (Lipinski definition) is 4. The molecule has 4 nitrogen and oxygen atoms in total. The van der Waals surface area contributed by atoms with Crippen molar-refractivity contribution in [3.63, 3.8) is 0 Å². The normalized spacial score (nSPS) is 15.8. The summed E-state index contributed by atoms with van der Waals surface area (Å²) in [5.74, 6) is 0.792. The number of nitrogens with two attached hydrogens (primary N) is 1. The molecule has 0 spiro atoms. The Labute approximate surface area is 95.9 Å². The van der Waals surface area contributed by atoms with Gasteiger partial charge in [0.1, 0.15) is 5.75 Å². The first-order valence-electron chi connectivity index (χ1n) is 5.63. The van der Waals surface area contributed by atoms with Crippen molar-refractivity contribution in [1.29, 1.82) is 0 Å². The number of anilines is 2. The summed E-state index contributed by atoms with van der Waals surface area (Å²) in [5.41, 5.74) is 7.50. The van der Waals surface area contributed by atoms with Gasteiger partial charge >= 0.3 is 0 Å². The number of hydrogen-bond donors (Lipinski definition) is 1. The second-order valence-corrected chi connectivity index (χ2v) is 4.22. The molecule has 1 heterocycles. The molecule has 0 bridgehead atoms. The summed E-state index contributed by atoms with van der Waals surface area (Å²) < 4.78 is 5.63. The van der Waals surface area contributed by atoms with Crippen molar-refractivity contribution < 1.29 is 9.57 Å². The van der Waals surface area contributed by atoms with Crippen molar-refractivity contribution >= 4 is 11.4 Å². The Bertz CT molecular complexity index is 360. The van der Waals surface area contributed by atoms with Crippen molar-refractivity contribution in [3.05, 3.63) is 18.2 Å². The Morgan fingerprint density at radius 1 is 1.38 bits per heavy atom. The fraction of sp³-hybridized carbons (Fsp3) is 0.500. The molecule has 1 aromatic carbocycles. The van der Waals surface area contributed by atoms with Crippen LogP contribution in [0.15, 0.2) is 18.2 Å². The molecule has 0 radical (unpaired) electrons. The van der Waals surface area contributed by atoms with Crippen LogP contribution in [0.1, 0.15) is 20.3 Å². The number of nitrogens with zero attached hydrogens (tertiary/aromatic N) is 1. The summed E-state index contributed by atoms with van der Waals surface area (Å²) in [6.07, 6.45) is 1.20. The highest BCUT2D eigenvalue weighted by atomic mass is 16.7. The lowest BCUT2D eigenvalue weighted by atomic mass is 10.2. The molecule has 1 aliphatic heterocycles. The van der Waals surface area contributed by atoms with Crippen molar-refractivity contribution in [2.24, 2.45) is 0 Å². The van der Waals surface area contributed by atoms with E-state index in [4.69, 9.17) is 15.3 Å². The van der Waals surface area contributed by atoms with Gasteiger partial charge in [0.2, 0.25) is 0 Å². The van der Waals surface area contributed by atoms with Crippen molar-refractivity contribution in [1.82, 2.24) is 0 Å². The van der Waals surface area contributed by atoms with Gasteiger partial charge in [-0.1, -0.05) is 0 Å². The van der Waals surface area contributed by atoms with Crippen LogP contribution in [0.4, 0.5) is 11.4 Å². The van der Waals surface area contributed by atoms with Crippen LogP contribution >= 0.6 is 0 Å². The Hall–Kier alpha value is -1.42. The third-order valence-electron chi connectivity index (χ3n) is 2.33. The third kappa shape index (κ3) is 2.58. The fourth-order valence-corrected chi connectivity index (χ4v) is 1.74. The molecule has 0 aromatic heterocycles. The van der Waals surface area contributed by atoms with E-state index in [1.54, 1.807) is 0 Å². The van der Waals surface area contributed by atoms with Crippen LogP contribution in [0, 0.1) is 0 Å². The predicted octanol–water partition coefficient (Wildman–Crippen LogP) is 2.20. The molecule has 0 amide bonds. The summed E-state index contributed by atoms with van der Waals surface area (Å²) in [4.78, 5) is 5.48. The maximum Gasteiger partial charge on any atom is 0.123 e. The molecule has 1 aliphatic rings. The van der Waals surface area contributed by atoms with E-state index in [0.29, 0.717) is 5.69 Å². The third-order valence-corrected chi connectivity index (χ3v) is 2.33. The molecule has 88 valence electrons. The molecule has 4 heteroatoms. The molecule has 1 saturated heterocycles. The van der Waals surface area contributed by atoms with Gasteiger partial charge < -0.3 is 10.5 Å². The minimum atomic E-state index is 0.147. The van der Waals surface area contributed by atoms with Gasteiger partial charge in [0, 0.05) is 24.4 Å². The summed E-state index contributed by atoms with van der Waals surface area (Å²) in [7, 11) is 0. The van der Waals surface area contributed by atoms with Crippen LogP contribution in [0.25, 0.3) is 0 Å². The van der Waals surface area contributed by atoms with Gasteiger partial charge in [0.05, 0.1) is 18.4 Å². The molecular formula is C12H18N2O2. The van der Waals surface area contributed by atoms with E-state index in [1.165, 1.54) is 0 Å². The van der Waals surface area contributed by atoms with Gasteiger partial charge in [-0.2, -0.15) is 0 Å². The molecule has 0 aliphatic carbocycles. The zero-order chi connectivity index (χ0) is 11.5. The SMILES string of the molecule is CC(C)Oc1cc(N)cc(N2CCCO2)c1. The van der Waals surface area contributed by atoms with Gasteiger partial charge in [-0.05, 0) is 26.3 Å². The van der Waals surface area contributed by atoms with E-state index in [2.05, 4.69) is 0 Å². The Balaban J connectivity index is 2.20. The van der Waals surface area contributed by atoms with E-state index >= 15 is 0 Å². The van der Waals surface area contributed by atoms with E-state index in [9.17, 15) is 0 Å². The predicted molar refractivity (Wildman–Crippen MR) is 64.5 cm³/mol. The van der Waals surface area contributed by atoms with E-state index < -0.39 is 0 Å². The Kier molecular flexibility index (Phi) is 3.19. The van der Waals surface area contributed by atoms with Gasteiger partial charge in [0.25, 0.3) is 0 Å². The largest absolute Gasteiger partial charge is 0.491 e. The number of benzene rings is 1. The minimum absolute atomic E-state index is 0.147. The second kappa shape index (κ2) is 4.61. The fourth-order valence-electron chi connectivity index (χ4n) is 1.74. The van der Waals surface area contributed by atoms with Crippen LogP contribution in [-0.4, -0.2) is 19.3 Å². The van der Waals surface area contributed by atoms with Gasteiger partial charge in [-0.25, -0.2) is 0 Å². The van der Waals surface area contributed by atoms with Gasteiger partial charge in [-0.3, -0.25) is 9.90 Å². The molecule has 1 aromatic rings. The number of ether oxygens (including phenoxy) is 1. The monoisotopic (exact) mass is 222 g/mol. The standard InChI is InChI=1S/C12H18N2O2/c1-9(2)16-12-7-10(13)6-11(8-12)14-4-3-5-15-14/h6-9H,3-5,13H2,1-2H3. The molecular weight excluding hydrogens is 204 g/mol. The molecule has 0 atom stereocenters. The first kappa shape index (κ1) is 11.1. The highest BCUT2D eigenvalue weighted by molar-refractivity contribution is 5.59. The lowest BCUT2D eigenvalue weighted by Gasteiger charge is -2.18. The van der Waals surface area contributed by atoms with E-state index in [0.717, 1.165) is 31.0 Å². The van der Waals surface area contributed by atoms with Crippen molar-refractivity contribution in [3.8, 4) is 5.75 Å². The average Bonchev–Trinajstić information content (AvgIpc) is 2.67. The van der Waals surface area contributed by atoms with Crippen molar-refractivity contribution in [2.75, 3.05) is 23.9 Å². The molecule has 0 unspecified atom stereocenters. The molecule has 16 heavy (non-hydrogen) atoms. The quantitative estimate of drug-likeness (QED) is 0.796. The van der Waals surface area contributed by atoms with E-state index in [-0.39, 0.29) is 6.10 Å². The maximum absolute atomic E-state index is 5.84.